The van der Waals surface area contributed by atoms with Crippen molar-refractivity contribution in [1.29, 1.82) is 0 Å². The van der Waals surface area contributed by atoms with Gasteiger partial charge in [0.05, 0.1) is 17.5 Å². The maximum absolute atomic E-state index is 13.6. The first-order chi connectivity index (χ1) is 15.1. The number of rotatable bonds is 7. The zero-order valence-corrected chi connectivity index (χ0v) is 15.7. The molecule has 0 bridgehead atoms. The predicted octanol–water partition coefficient (Wildman–Crippen LogP) is 6.97. The van der Waals surface area contributed by atoms with Gasteiger partial charge in [0.1, 0.15) is 0 Å². The summed E-state index contributed by atoms with van der Waals surface area (Å²) in [6.07, 6.45) is -21.8. The molecule has 0 aliphatic heterocycles. The number of hydrogen-bond acceptors (Lipinski definition) is 2. The van der Waals surface area contributed by atoms with E-state index in [4.69, 9.17) is 0 Å². The van der Waals surface area contributed by atoms with Crippen LogP contribution in [-0.2, 0) is 17.1 Å². The molecule has 0 fully saturated rings. The molecule has 0 unspecified atom stereocenters. The zero-order chi connectivity index (χ0) is 28.2. The lowest BCUT2D eigenvalue weighted by Crippen LogP contribution is -2.68. The van der Waals surface area contributed by atoms with E-state index in [1.807, 2.05) is 0 Å². The summed E-state index contributed by atoms with van der Waals surface area (Å²) in [5.74, 6) is -37.4. The van der Waals surface area contributed by atoms with E-state index in [2.05, 4.69) is 0 Å². The van der Waals surface area contributed by atoms with Gasteiger partial charge in [0.2, 0.25) is 5.78 Å². The molecule has 0 amide bonds. The minimum Gasteiger partial charge on any atom is -0.294 e. The third kappa shape index (κ3) is 5.17. The maximum atomic E-state index is 13.6. The van der Waals surface area contributed by atoms with Crippen molar-refractivity contribution in [3.05, 3.63) is 34.9 Å². The summed E-state index contributed by atoms with van der Waals surface area (Å²) in [5.41, 5.74) is -6.65. The number of Topliss-reactive ketones (excluding diaryl/α,β-unsaturated/α-hetero) is 2. The fourth-order valence-electron chi connectivity index (χ4n) is 2.30. The smallest absolute Gasteiger partial charge is 0.294 e. The second-order valence-electron chi connectivity index (χ2n) is 6.57. The Morgan fingerprint density at radius 3 is 1.43 bits per heavy atom. The molecule has 0 heterocycles. The van der Waals surface area contributed by atoms with Gasteiger partial charge in [0.15, 0.2) is 5.78 Å². The average molecular weight is 552 g/mol. The number of halogens is 17. The minimum absolute atomic E-state index is 0.252. The number of ketones is 2. The van der Waals surface area contributed by atoms with Crippen molar-refractivity contribution in [2.75, 3.05) is 0 Å². The Morgan fingerprint density at radius 1 is 0.600 bits per heavy atom. The van der Waals surface area contributed by atoms with E-state index in [0.717, 1.165) is 0 Å². The summed E-state index contributed by atoms with van der Waals surface area (Å²) >= 11 is 0. The highest BCUT2D eigenvalue weighted by Gasteiger charge is 2.88. The highest BCUT2D eigenvalue weighted by atomic mass is 19.4. The Kier molecular flexibility index (Phi) is 7.38. The lowest BCUT2D eigenvalue weighted by Gasteiger charge is -2.36. The van der Waals surface area contributed by atoms with E-state index in [0.29, 0.717) is 0 Å². The normalized spacial score (nSPS) is 14.8. The van der Waals surface area contributed by atoms with Gasteiger partial charge < -0.3 is 0 Å². The lowest BCUT2D eigenvalue weighted by molar-refractivity contribution is -0.416. The molecule has 1 rings (SSSR count). The van der Waals surface area contributed by atoms with Gasteiger partial charge >= 0.3 is 42.2 Å². The Labute approximate surface area is 180 Å². The van der Waals surface area contributed by atoms with Crippen molar-refractivity contribution >= 4 is 11.6 Å². The molecule has 0 aromatic heterocycles. The number of carbonyl (C=O) groups is 2. The van der Waals surface area contributed by atoms with Gasteiger partial charge in [0, 0.05) is 5.56 Å². The van der Waals surface area contributed by atoms with Crippen molar-refractivity contribution in [2.24, 2.45) is 0 Å². The Bertz CT molecular complexity index is 981. The highest BCUT2D eigenvalue weighted by Crippen LogP contribution is 2.57. The Morgan fingerprint density at radius 2 is 1.06 bits per heavy atom. The SMILES string of the molecule is O=C(CC(=O)C(F)(F)C(F)(F)C(F)(F)C(F)(F)C(F)(F)F)c1ccc(C(F)(F)F)cc1C(F)(F)F. The molecule has 1 aromatic carbocycles. The van der Waals surface area contributed by atoms with Crippen LogP contribution in [0.1, 0.15) is 27.9 Å². The van der Waals surface area contributed by atoms with Crippen LogP contribution in [0.2, 0.25) is 0 Å². The molecule has 1 aromatic rings. The first kappa shape index (κ1) is 30.4. The molecule has 0 atom stereocenters. The number of carbonyl (C=O) groups excluding carboxylic acids is 2. The third-order valence-corrected chi connectivity index (χ3v) is 4.16. The number of benzene rings is 1. The molecule has 2 nitrogen and oxygen atoms in total. The van der Waals surface area contributed by atoms with E-state index in [1.165, 1.54) is 0 Å². The van der Waals surface area contributed by atoms with Crippen LogP contribution in [0, 0.1) is 0 Å². The first-order valence-corrected chi connectivity index (χ1v) is 8.07. The van der Waals surface area contributed by atoms with Gasteiger partial charge in [0.25, 0.3) is 0 Å². The first-order valence-electron chi connectivity index (χ1n) is 8.07. The van der Waals surface area contributed by atoms with E-state index < -0.39 is 83.0 Å². The lowest BCUT2D eigenvalue weighted by atomic mass is 9.91. The quantitative estimate of drug-likeness (QED) is 0.208. The van der Waals surface area contributed by atoms with E-state index in [1.54, 1.807) is 0 Å². The molecule has 200 valence electrons. The highest BCUT2D eigenvalue weighted by molar-refractivity contribution is 6.11. The van der Waals surface area contributed by atoms with E-state index in [-0.39, 0.29) is 12.1 Å². The van der Waals surface area contributed by atoms with Crippen LogP contribution in [0.15, 0.2) is 18.2 Å². The summed E-state index contributed by atoms with van der Waals surface area (Å²) in [6.45, 7) is 0. The largest absolute Gasteiger partial charge is 0.460 e. The number of alkyl halides is 17. The summed E-state index contributed by atoms with van der Waals surface area (Å²) < 4.78 is 219. The summed E-state index contributed by atoms with van der Waals surface area (Å²) in [4.78, 5) is 23.1. The van der Waals surface area contributed by atoms with Crippen molar-refractivity contribution in [1.82, 2.24) is 0 Å². The molecule has 19 heteroatoms. The summed E-state index contributed by atoms with van der Waals surface area (Å²) in [7, 11) is 0. The molecule has 0 saturated carbocycles. The molecule has 35 heavy (non-hydrogen) atoms. The van der Waals surface area contributed by atoms with Crippen LogP contribution in [0.3, 0.4) is 0 Å². The van der Waals surface area contributed by atoms with Gasteiger partial charge in [-0.25, -0.2) is 0 Å². The van der Waals surface area contributed by atoms with E-state index >= 15 is 0 Å². The van der Waals surface area contributed by atoms with Gasteiger partial charge in [-0.2, -0.15) is 74.6 Å². The minimum atomic E-state index is -8.02. The molecular formula is C16H5F17O2. The van der Waals surface area contributed by atoms with Crippen molar-refractivity contribution in [3.8, 4) is 0 Å². The standard InChI is InChI=1S/C16H5F17O2/c17-10(18,13(25,26)14(27,28)15(29,30)16(31,32)33)9(35)4-8(34)6-2-1-5(11(19,20)21)3-7(6)12(22,23)24/h1-3H,4H2. The third-order valence-electron chi connectivity index (χ3n) is 4.16. The topological polar surface area (TPSA) is 34.1 Å². The monoisotopic (exact) mass is 552 g/mol. The number of hydrogen-bond donors (Lipinski definition) is 0. The second kappa shape index (κ2) is 8.49. The fourth-order valence-corrected chi connectivity index (χ4v) is 2.30. The van der Waals surface area contributed by atoms with E-state index in [9.17, 15) is 84.2 Å². The molecular weight excluding hydrogens is 547 g/mol. The average Bonchev–Trinajstić information content (AvgIpc) is 2.64. The van der Waals surface area contributed by atoms with Crippen LogP contribution in [0.25, 0.3) is 0 Å². The van der Waals surface area contributed by atoms with Gasteiger partial charge in [-0.1, -0.05) is 6.07 Å². The summed E-state index contributed by atoms with van der Waals surface area (Å²) in [5, 5.41) is 0. The van der Waals surface area contributed by atoms with Gasteiger partial charge in [-0.05, 0) is 12.1 Å². The van der Waals surface area contributed by atoms with Crippen molar-refractivity contribution < 1.29 is 84.2 Å². The van der Waals surface area contributed by atoms with Gasteiger partial charge in [-0.3, -0.25) is 9.59 Å². The molecule has 0 aliphatic rings. The van der Waals surface area contributed by atoms with Crippen LogP contribution in [-0.4, -0.2) is 41.4 Å². The van der Waals surface area contributed by atoms with Crippen LogP contribution >= 0.6 is 0 Å². The maximum Gasteiger partial charge on any atom is 0.460 e. The zero-order valence-electron chi connectivity index (χ0n) is 15.7. The Balaban J connectivity index is 3.46. The molecule has 0 radical (unpaired) electrons. The van der Waals surface area contributed by atoms with Crippen molar-refractivity contribution in [3.63, 3.8) is 0 Å². The van der Waals surface area contributed by atoms with Crippen LogP contribution in [0.5, 0.6) is 0 Å². The molecule has 0 saturated heterocycles. The molecule has 0 spiro atoms. The van der Waals surface area contributed by atoms with Crippen LogP contribution in [0.4, 0.5) is 74.6 Å². The van der Waals surface area contributed by atoms with Gasteiger partial charge in [-0.15, -0.1) is 0 Å². The molecule has 0 aliphatic carbocycles. The summed E-state index contributed by atoms with van der Waals surface area (Å²) in [6, 6.07) is -1.36. The molecule has 0 N–H and O–H groups in total. The van der Waals surface area contributed by atoms with Crippen molar-refractivity contribution in [2.45, 2.75) is 48.6 Å². The Hall–Kier alpha value is -2.63. The predicted molar refractivity (Wildman–Crippen MR) is 76.2 cm³/mol. The van der Waals surface area contributed by atoms with Crippen LogP contribution < -0.4 is 0 Å². The second-order valence-corrected chi connectivity index (χ2v) is 6.57. The fraction of sp³-hybridized carbons (Fsp3) is 0.500.